The predicted molar refractivity (Wildman–Crippen MR) is 131 cm³/mol. The topological polar surface area (TPSA) is 78.7 Å². The molecule has 0 saturated carbocycles. The highest BCUT2D eigenvalue weighted by molar-refractivity contribution is 8.00. The number of fused-ring (bicyclic) bond motifs is 1. The van der Waals surface area contributed by atoms with Crippen LogP contribution in [0.4, 0.5) is 18.2 Å². The van der Waals surface area contributed by atoms with E-state index in [0.29, 0.717) is 22.0 Å². The summed E-state index contributed by atoms with van der Waals surface area (Å²) >= 11 is 2.27. The minimum Gasteiger partial charge on any atom is -0.316 e. The summed E-state index contributed by atoms with van der Waals surface area (Å²) in [4.78, 5) is 22.0. The number of carbonyl (C=O) groups is 1. The molecule has 0 radical (unpaired) electrons. The molecule has 1 N–H and O–H groups in total. The lowest BCUT2D eigenvalue weighted by Crippen LogP contribution is -2.23. The second-order valence-corrected chi connectivity index (χ2v) is 10.8. The number of amides is 1. The summed E-state index contributed by atoms with van der Waals surface area (Å²) in [5.74, 6) is 0.155. The molecule has 182 valence electrons. The Morgan fingerprint density at radius 3 is 2.71 bits per heavy atom. The zero-order valence-electron chi connectivity index (χ0n) is 19.1. The molecule has 1 aliphatic rings. The highest BCUT2D eigenvalue weighted by Gasteiger charge is 2.34. The number of benzene rings is 1. The van der Waals surface area contributed by atoms with Gasteiger partial charge in [0, 0.05) is 10.4 Å². The molecule has 2 heterocycles. The van der Waals surface area contributed by atoms with E-state index in [1.807, 2.05) is 0 Å². The normalized spacial score (nSPS) is 16.3. The second-order valence-electron chi connectivity index (χ2n) is 8.37. The van der Waals surface area contributed by atoms with Crippen molar-refractivity contribution in [2.24, 2.45) is 5.92 Å². The minimum absolute atomic E-state index is 0.131. The van der Waals surface area contributed by atoms with Crippen molar-refractivity contribution in [2.45, 2.75) is 56.1 Å². The fourth-order valence-corrected chi connectivity index (χ4v) is 6.11. The Kier molecular flexibility index (Phi) is 7.47. The molecule has 3 aromatic rings. The number of thioether (sulfide) groups is 1. The van der Waals surface area contributed by atoms with Crippen molar-refractivity contribution in [1.29, 1.82) is 5.26 Å². The molecule has 0 saturated heterocycles. The number of nitrogens with zero attached hydrogens (tertiary/aromatic N) is 3. The van der Waals surface area contributed by atoms with Gasteiger partial charge in [0.25, 0.3) is 0 Å². The summed E-state index contributed by atoms with van der Waals surface area (Å²) in [5, 5.41) is 12.1. The molecule has 2 aromatic heterocycles. The number of rotatable bonds is 6. The minimum atomic E-state index is -4.65. The first-order valence-electron chi connectivity index (χ1n) is 11.2. The van der Waals surface area contributed by atoms with Crippen molar-refractivity contribution >= 4 is 34.0 Å². The van der Waals surface area contributed by atoms with Crippen LogP contribution < -0.4 is 5.32 Å². The van der Waals surface area contributed by atoms with E-state index in [-0.39, 0.29) is 10.9 Å². The Hall–Kier alpha value is -2.90. The third-order valence-corrected chi connectivity index (χ3v) is 8.14. The molecule has 1 aliphatic carbocycles. The van der Waals surface area contributed by atoms with Gasteiger partial charge in [-0.15, -0.1) is 11.3 Å². The number of hydrogen-bond donors (Lipinski definition) is 1. The summed E-state index contributed by atoms with van der Waals surface area (Å²) in [6.07, 6.45) is -0.859. The van der Waals surface area contributed by atoms with Crippen molar-refractivity contribution in [1.82, 2.24) is 9.97 Å². The zero-order chi connectivity index (χ0) is 25.2. The van der Waals surface area contributed by atoms with Crippen LogP contribution in [-0.2, 0) is 23.8 Å². The first kappa shape index (κ1) is 25.2. The molecule has 0 spiro atoms. The Morgan fingerprint density at radius 1 is 1.31 bits per heavy atom. The molecule has 5 nitrogen and oxygen atoms in total. The summed E-state index contributed by atoms with van der Waals surface area (Å²) in [5.41, 5.74) is 1.08. The summed E-state index contributed by atoms with van der Waals surface area (Å²) < 4.78 is 40.5. The van der Waals surface area contributed by atoms with E-state index >= 15 is 0 Å². The first-order chi connectivity index (χ1) is 16.7. The Labute approximate surface area is 209 Å². The summed E-state index contributed by atoms with van der Waals surface area (Å²) in [6, 6.07) is 11.6. The van der Waals surface area contributed by atoms with E-state index < -0.39 is 23.0 Å². The summed E-state index contributed by atoms with van der Waals surface area (Å²) in [6.45, 7) is 3.73. The van der Waals surface area contributed by atoms with Crippen molar-refractivity contribution in [2.75, 3.05) is 5.32 Å². The molecule has 35 heavy (non-hydrogen) atoms. The van der Waals surface area contributed by atoms with Gasteiger partial charge in [-0.1, -0.05) is 55.4 Å². The molecule has 1 amide bonds. The van der Waals surface area contributed by atoms with Crippen molar-refractivity contribution in [3.63, 3.8) is 0 Å². The average Bonchev–Trinajstić information content (AvgIpc) is 3.19. The van der Waals surface area contributed by atoms with Gasteiger partial charge in [0.05, 0.1) is 16.5 Å². The molecule has 0 aliphatic heterocycles. The number of hydrogen-bond acceptors (Lipinski definition) is 6. The van der Waals surface area contributed by atoms with Gasteiger partial charge in [0.2, 0.25) is 5.91 Å². The number of thiophene rings is 1. The van der Waals surface area contributed by atoms with Crippen LogP contribution in [0.3, 0.4) is 0 Å². The van der Waals surface area contributed by atoms with Crippen molar-refractivity contribution in [3.05, 3.63) is 58.1 Å². The lowest BCUT2D eigenvalue weighted by Gasteiger charge is -2.20. The monoisotopic (exact) mass is 516 g/mol. The van der Waals surface area contributed by atoms with Gasteiger partial charge in [-0.05, 0) is 43.7 Å². The molecule has 0 unspecified atom stereocenters. The van der Waals surface area contributed by atoms with E-state index in [1.54, 1.807) is 37.3 Å². The Balaban J connectivity index is 1.55. The van der Waals surface area contributed by atoms with E-state index in [9.17, 15) is 23.2 Å². The maximum atomic E-state index is 13.5. The van der Waals surface area contributed by atoms with Crippen LogP contribution in [0.15, 0.2) is 41.6 Å². The molecule has 0 bridgehead atoms. The highest BCUT2D eigenvalue weighted by Crippen LogP contribution is 2.40. The first-order valence-corrected chi connectivity index (χ1v) is 12.9. The Bertz CT molecular complexity index is 1270. The molecule has 10 heteroatoms. The molecular weight excluding hydrogens is 493 g/mol. The number of aromatic nitrogens is 2. The van der Waals surface area contributed by atoms with Gasteiger partial charge in [-0.3, -0.25) is 4.79 Å². The van der Waals surface area contributed by atoms with Gasteiger partial charge in [0.15, 0.2) is 5.16 Å². The number of halogens is 3. The SMILES string of the molecule is CC[C@H]1CCc2c(sc(NC(=O)[C@@H](C)Sc3nc(-c4ccccc4)cc(C(F)(F)F)n3)c2C#N)C1. The van der Waals surface area contributed by atoms with Crippen LogP contribution in [0, 0.1) is 17.2 Å². The smallest absolute Gasteiger partial charge is 0.316 e. The van der Waals surface area contributed by atoms with E-state index in [4.69, 9.17) is 0 Å². The number of nitriles is 1. The lowest BCUT2D eigenvalue weighted by atomic mass is 9.86. The predicted octanol–water partition coefficient (Wildman–Crippen LogP) is 6.73. The van der Waals surface area contributed by atoms with Crippen LogP contribution in [0.2, 0.25) is 0 Å². The number of carbonyl (C=O) groups excluding carboxylic acids is 1. The molecule has 1 aromatic carbocycles. The number of anilines is 1. The Morgan fingerprint density at radius 2 is 2.06 bits per heavy atom. The second kappa shape index (κ2) is 10.4. The maximum Gasteiger partial charge on any atom is 0.433 e. The van der Waals surface area contributed by atoms with E-state index in [0.717, 1.165) is 54.0 Å². The third-order valence-electron chi connectivity index (χ3n) is 6.01. The lowest BCUT2D eigenvalue weighted by molar-refractivity contribution is -0.141. The summed E-state index contributed by atoms with van der Waals surface area (Å²) in [7, 11) is 0. The largest absolute Gasteiger partial charge is 0.433 e. The van der Waals surface area contributed by atoms with E-state index in [1.165, 1.54) is 11.3 Å². The van der Waals surface area contributed by atoms with Gasteiger partial charge in [0.1, 0.15) is 16.8 Å². The van der Waals surface area contributed by atoms with Crippen LogP contribution in [-0.4, -0.2) is 21.1 Å². The van der Waals surface area contributed by atoms with Crippen LogP contribution >= 0.6 is 23.1 Å². The third kappa shape index (κ3) is 5.68. The van der Waals surface area contributed by atoms with Gasteiger partial charge in [-0.2, -0.15) is 18.4 Å². The standard InChI is InChI=1S/C25H23F3N4OS2/c1-3-15-9-10-17-18(13-29)23(35-20(17)11-15)32-22(33)14(2)34-24-30-19(16-7-5-4-6-8-16)12-21(31-24)25(26,27)28/h4-8,12,14-15H,3,9-11H2,1-2H3,(H,32,33)/t14-,15+/m1/s1. The molecule has 0 fully saturated rings. The van der Waals surface area contributed by atoms with Crippen LogP contribution in [0.5, 0.6) is 0 Å². The van der Waals surface area contributed by atoms with Crippen LogP contribution in [0.1, 0.15) is 48.4 Å². The fourth-order valence-electron chi connectivity index (χ4n) is 4.01. The quantitative estimate of drug-likeness (QED) is 0.290. The van der Waals surface area contributed by atoms with Gasteiger partial charge in [-0.25, -0.2) is 9.97 Å². The average molecular weight is 517 g/mol. The van der Waals surface area contributed by atoms with Crippen molar-refractivity contribution < 1.29 is 18.0 Å². The number of alkyl halides is 3. The van der Waals surface area contributed by atoms with Gasteiger partial charge >= 0.3 is 6.18 Å². The number of nitrogens with one attached hydrogen (secondary N) is 1. The maximum absolute atomic E-state index is 13.5. The highest BCUT2D eigenvalue weighted by atomic mass is 32.2. The molecule has 4 rings (SSSR count). The van der Waals surface area contributed by atoms with Crippen molar-refractivity contribution in [3.8, 4) is 17.3 Å². The van der Waals surface area contributed by atoms with Gasteiger partial charge < -0.3 is 5.32 Å². The van der Waals surface area contributed by atoms with E-state index in [2.05, 4.69) is 28.3 Å². The fraction of sp³-hybridized carbons (Fsp3) is 0.360. The molecular formula is C25H23F3N4OS2. The van der Waals surface area contributed by atoms with Crippen LogP contribution in [0.25, 0.3) is 11.3 Å². The zero-order valence-corrected chi connectivity index (χ0v) is 20.8. The molecule has 2 atom stereocenters.